The van der Waals surface area contributed by atoms with E-state index in [1.165, 1.54) is 5.56 Å². The Morgan fingerprint density at radius 1 is 1.25 bits per heavy atom. The molecule has 2 aliphatic rings. The number of benzene rings is 2. The van der Waals surface area contributed by atoms with E-state index in [2.05, 4.69) is 28.4 Å². The zero-order valence-electron chi connectivity index (χ0n) is 15.7. The molecule has 6 heteroatoms. The summed E-state index contributed by atoms with van der Waals surface area (Å²) < 4.78 is 1.16. The summed E-state index contributed by atoms with van der Waals surface area (Å²) in [7, 11) is 0. The Labute approximate surface area is 168 Å². The third-order valence-electron chi connectivity index (χ3n) is 6.32. The minimum Gasteiger partial charge on any atom is -0.391 e. The van der Waals surface area contributed by atoms with Crippen LogP contribution in [0, 0.1) is 11.3 Å². The van der Waals surface area contributed by atoms with E-state index in [1.54, 1.807) is 18.3 Å². The monoisotopic (exact) mass is 393 g/mol. The van der Waals surface area contributed by atoms with E-state index in [9.17, 15) is 9.90 Å². The number of aliphatic hydroxyl groups excluding tert-OH is 1. The molecule has 4 atom stereocenters. The molecule has 2 N–H and O–H groups in total. The number of nitrogens with zero attached hydrogens (tertiary/aromatic N) is 2. The Bertz CT molecular complexity index is 988. The molecular formula is C22H23N3O2S. The molecular weight excluding hydrogens is 370 g/mol. The van der Waals surface area contributed by atoms with Crippen molar-refractivity contribution in [3.8, 4) is 0 Å². The highest BCUT2D eigenvalue weighted by atomic mass is 32.1. The van der Waals surface area contributed by atoms with E-state index in [-0.39, 0.29) is 23.2 Å². The number of para-hydroxylation sites is 1. The highest BCUT2D eigenvalue weighted by molar-refractivity contribution is 7.22. The SMILES string of the molecule is CC(=O)NC[C@@H]1[C@@H](c2ccccc2)[C@]12CN(c1nc3ccccc3s1)C[C@H]2O. The van der Waals surface area contributed by atoms with Crippen LogP contribution < -0.4 is 10.2 Å². The molecule has 144 valence electrons. The lowest BCUT2D eigenvalue weighted by Crippen LogP contribution is -2.28. The average molecular weight is 394 g/mol. The van der Waals surface area contributed by atoms with Gasteiger partial charge in [0.2, 0.25) is 5.91 Å². The summed E-state index contributed by atoms with van der Waals surface area (Å²) in [5, 5.41) is 15.1. The molecule has 5 rings (SSSR count). The smallest absolute Gasteiger partial charge is 0.216 e. The van der Waals surface area contributed by atoms with Crippen molar-refractivity contribution in [3.63, 3.8) is 0 Å². The standard InChI is InChI=1S/C22H23N3O2S/c1-14(26)23-11-16-20(15-7-3-2-4-8-15)22(16)13-25(12-19(22)27)21-24-17-9-5-6-10-18(17)28-21/h2-10,16,19-20,27H,11-13H2,1H3,(H,23,26)/t16-,19-,20-,22-/m1/s1. The third-order valence-corrected chi connectivity index (χ3v) is 7.42. The van der Waals surface area contributed by atoms with Crippen molar-refractivity contribution in [2.24, 2.45) is 11.3 Å². The summed E-state index contributed by atoms with van der Waals surface area (Å²) in [6.07, 6.45) is -0.441. The highest BCUT2D eigenvalue weighted by Crippen LogP contribution is 2.69. The molecule has 5 nitrogen and oxygen atoms in total. The number of hydrogen-bond acceptors (Lipinski definition) is 5. The lowest BCUT2D eigenvalue weighted by atomic mass is 9.95. The summed E-state index contributed by atoms with van der Waals surface area (Å²) >= 11 is 1.68. The summed E-state index contributed by atoms with van der Waals surface area (Å²) in [5.74, 6) is 0.451. The minimum atomic E-state index is -0.441. The topological polar surface area (TPSA) is 65.5 Å². The average Bonchev–Trinajstić information content (AvgIpc) is 2.97. The molecule has 3 aromatic rings. The Morgan fingerprint density at radius 2 is 2.00 bits per heavy atom. The maximum absolute atomic E-state index is 11.5. The molecule has 1 aliphatic carbocycles. The number of carbonyl (C=O) groups is 1. The fraction of sp³-hybridized carbons (Fsp3) is 0.364. The predicted molar refractivity (Wildman–Crippen MR) is 112 cm³/mol. The van der Waals surface area contributed by atoms with Crippen molar-refractivity contribution in [1.82, 2.24) is 10.3 Å². The van der Waals surface area contributed by atoms with Gasteiger partial charge in [-0.15, -0.1) is 0 Å². The molecule has 28 heavy (non-hydrogen) atoms. The first kappa shape index (κ1) is 17.6. The highest BCUT2D eigenvalue weighted by Gasteiger charge is 2.71. The van der Waals surface area contributed by atoms with Crippen molar-refractivity contribution in [1.29, 1.82) is 0 Å². The molecule has 1 aromatic heterocycles. The molecule has 0 bridgehead atoms. The van der Waals surface area contributed by atoms with Crippen LogP contribution in [0.1, 0.15) is 18.4 Å². The van der Waals surface area contributed by atoms with E-state index in [0.717, 1.165) is 21.9 Å². The van der Waals surface area contributed by atoms with Crippen molar-refractivity contribution >= 4 is 32.6 Å². The van der Waals surface area contributed by atoms with E-state index >= 15 is 0 Å². The van der Waals surface area contributed by atoms with Gasteiger partial charge in [-0.1, -0.05) is 53.8 Å². The number of fused-ring (bicyclic) bond motifs is 1. The van der Waals surface area contributed by atoms with Crippen LogP contribution in [0.5, 0.6) is 0 Å². The first-order valence-electron chi connectivity index (χ1n) is 9.67. The predicted octanol–water partition coefficient (Wildman–Crippen LogP) is 3.01. The van der Waals surface area contributed by atoms with E-state index in [1.807, 2.05) is 36.4 Å². The van der Waals surface area contributed by atoms with Gasteiger partial charge >= 0.3 is 0 Å². The van der Waals surface area contributed by atoms with Crippen LogP contribution in [0.25, 0.3) is 10.2 Å². The van der Waals surface area contributed by atoms with Crippen LogP contribution in [0.15, 0.2) is 54.6 Å². The Morgan fingerprint density at radius 3 is 2.75 bits per heavy atom. The third kappa shape index (κ3) is 2.71. The number of rotatable bonds is 4. The van der Waals surface area contributed by atoms with Crippen LogP contribution in [-0.2, 0) is 4.79 Å². The summed E-state index contributed by atoms with van der Waals surface area (Å²) in [4.78, 5) is 18.5. The first-order valence-corrected chi connectivity index (χ1v) is 10.5. The fourth-order valence-electron chi connectivity index (χ4n) is 5.00. The van der Waals surface area contributed by atoms with Crippen molar-refractivity contribution in [2.75, 3.05) is 24.5 Å². The number of anilines is 1. The van der Waals surface area contributed by atoms with Crippen molar-refractivity contribution < 1.29 is 9.90 Å². The van der Waals surface area contributed by atoms with Gasteiger partial charge in [0.1, 0.15) is 0 Å². The van der Waals surface area contributed by atoms with Gasteiger partial charge in [0.15, 0.2) is 5.13 Å². The van der Waals surface area contributed by atoms with Crippen LogP contribution in [0.4, 0.5) is 5.13 Å². The van der Waals surface area contributed by atoms with Crippen molar-refractivity contribution in [2.45, 2.75) is 18.9 Å². The minimum absolute atomic E-state index is 0.0237. The van der Waals surface area contributed by atoms with Gasteiger partial charge in [-0.25, -0.2) is 4.98 Å². The number of β-amino-alcohol motifs (C(OH)–C–C–N with tert-alkyl or cyclic N) is 1. The normalized spacial score (nSPS) is 28.8. The summed E-state index contributed by atoms with van der Waals surface area (Å²) in [5.41, 5.74) is 2.01. The molecule has 1 aliphatic heterocycles. The molecule has 2 heterocycles. The molecule has 1 amide bonds. The molecule has 0 radical (unpaired) electrons. The van der Waals surface area contributed by atoms with Crippen LogP contribution in [0.2, 0.25) is 0 Å². The van der Waals surface area contributed by atoms with Gasteiger partial charge in [0.05, 0.1) is 16.3 Å². The van der Waals surface area contributed by atoms with Crippen LogP contribution in [-0.4, -0.2) is 41.7 Å². The van der Waals surface area contributed by atoms with Crippen LogP contribution in [0.3, 0.4) is 0 Å². The maximum Gasteiger partial charge on any atom is 0.216 e. The zero-order chi connectivity index (χ0) is 19.3. The maximum atomic E-state index is 11.5. The lowest BCUT2D eigenvalue weighted by Gasteiger charge is -2.16. The number of aromatic nitrogens is 1. The number of hydrogen-bond donors (Lipinski definition) is 2. The molecule has 0 unspecified atom stereocenters. The number of amides is 1. The van der Waals surface area contributed by atoms with Gasteiger partial charge in [0, 0.05) is 32.0 Å². The lowest BCUT2D eigenvalue weighted by molar-refractivity contribution is -0.119. The largest absolute Gasteiger partial charge is 0.391 e. The Balaban J connectivity index is 1.46. The molecule has 1 spiro atoms. The second kappa shape index (κ2) is 6.57. The second-order valence-electron chi connectivity index (χ2n) is 7.90. The number of aliphatic hydroxyl groups is 1. The Hall–Kier alpha value is -2.44. The van der Waals surface area contributed by atoms with Gasteiger partial charge in [-0.05, 0) is 29.5 Å². The summed E-state index contributed by atoms with van der Waals surface area (Å²) in [6, 6.07) is 18.5. The van der Waals surface area contributed by atoms with E-state index in [4.69, 9.17) is 4.98 Å². The molecule has 2 aromatic carbocycles. The Kier molecular flexibility index (Phi) is 4.14. The first-order chi connectivity index (χ1) is 13.6. The van der Waals surface area contributed by atoms with Crippen molar-refractivity contribution in [3.05, 3.63) is 60.2 Å². The summed E-state index contributed by atoms with van der Waals surface area (Å²) in [6.45, 7) is 3.49. The van der Waals surface area contributed by atoms with E-state index < -0.39 is 6.10 Å². The number of carbonyl (C=O) groups excluding carboxylic acids is 1. The number of thiazole rings is 1. The van der Waals surface area contributed by atoms with Gasteiger partial charge in [0.25, 0.3) is 0 Å². The van der Waals surface area contributed by atoms with Crippen LogP contribution >= 0.6 is 11.3 Å². The van der Waals surface area contributed by atoms with Gasteiger partial charge in [-0.3, -0.25) is 4.79 Å². The van der Waals surface area contributed by atoms with E-state index in [0.29, 0.717) is 13.1 Å². The zero-order valence-corrected chi connectivity index (χ0v) is 16.5. The van der Waals surface area contributed by atoms with Gasteiger partial charge in [-0.2, -0.15) is 0 Å². The molecule has 2 fully saturated rings. The molecule has 1 saturated heterocycles. The second-order valence-corrected chi connectivity index (χ2v) is 8.91. The fourth-order valence-corrected chi connectivity index (χ4v) is 5.97. The molecule has 1 saturated carbocycles. The van der Waals surface area contributed by atoms with Gasteiger partial charge < -0.3 is 15.3 Å². The quantitative estimate of drug-likeness (QED) is 0.715. The number of nitrogens with one attached hydrogen (secondary N) is 1.